The van der Waals surface area contributed by atoms with Crippen LogP contribution in [0.25, 0.3) is 66.1 Å². The molecule has 304 valence electrons. The molecular formula is C62H46N2. The maximum atomic E-state index is 2.46. The number of nitrogens with zero attached hydrogens (tertiary/aromatic N) is 2. The first kappa shape index (κ1) is 36.9. The Labute approximate surface area is 375 Å². The summed E-state index contributed by atoms with van der Waals surface area (Å²) in [7, 11) is 0. The largest absolute Gasteiger partial charge is 0.310 e. The Morgan fingerprint density at radius 2 is 0.625 bits per heavy atom. The van der Waals surface area contributed by atoms with E-state index in [0.717, 1.165) is 22.7 Å². The molecule has 0 fully saturated rings. The highest BCUT2D eigenvalue weighted by atomic mass is 15.2. The fourth-order valence-electron chi connectivity index (χ4n) is 11.5. The fourth-order valence-corrected chi connectivity index (χ4v) is 11.5. The lowest BCUT2D eigenvalue weighted by Gasteiger charge is -2.30. The van der Waals surface area contributed by atoms with Crippen molar-refractivity contribution < 1.29 is 0 Å². The minimum absolute atomic E-state index is 0.0842. The zero-order valence-electron chi connectivity index (χ0n) is 36.5. The van der Waals surface area contributed by atoms with Crippen molar-refractivity contribution in [1.82, 2.24) is 0 Å². The zero-order valence-corrected chi connectivity index (χ0v) is 36.5. The lowest BCUT2D eigenvalue weighted by atomic mass is 9.78. The van der Waals surface area contributed by atoms with E-state index < -0.39 is 0 Å². The number of benzene rings is 10. The molecule has 0 N–H and O–H groups in total. The van der Waals surface area contributed by atoms with Crippen molar-refractivity contribution >= 4 is 55.7 Å². The van der Waals surface area contributed by atoms with Crippen LogP contribution in [0.2, 0.25) is 0 Å². The molecule has 3 aliphatic carbocycles. The molecule has 2 heteroatoms. The first-order valence-corrected chi connectivity index (χ1v) is 22.6. The summed E-state index contributed by atoms with van der Waals surface area (Å²) < 4.78 is 0. The van der Waals surface area contributed by atoms with Gasteiger partial charge in [0.05, 0.1) is 11.4 Å². The van der Waals surface area contributed by atoms with E-state index in [-0.39, 0.29) is 10.8 Å². The quantitative estimate of drug-likeness (QED) is 0.165. The molecule has 10 aromatic rings. The number of rotatable bonds is 6. The number of fused-ring (bicyclic) bond motifs is 12. The molecule has 0 spiro atoms. The summed E-state index contributed by atoms with van der Waals surface area (Å²) >= 11 is 0. The van der Waals surface area contributed by atoms with Gasteiger partial charge in [-0.25, -0.2) is 0 Å². The molecule has 10 aromatic carbocycles. The maximum absolute atomic E-state index is 2.46. The summed E-state index contributed by atoms with van der Waals surface area (Å²) in [6, 6.07) is 76.9. The smallest absolute Gasteiger partial charge is 0.0543 e. The summed E-state index contributed by atoms with van der Waals surface area (Å²) in [5.41, 5.74) is 22.9. The van der Waals surface area contributed by atoms with E-state index in [4.69, 9.17) is 0 Å². The van der Waals surface area contributed by atoms with Crippen molar-refractivity contribution in [2.75, 3.05) is 9.80 Å². The monoisotopic (exact) mass is 818 g/mol. The Balaban J connectivity index is 0.928. The van der Waals surface area contributed by atoms with Gasteiger partial charge < -0.3 is 9.80 Å². The van der Waals surface area contributed by atoms with E-state index in [9.17, 15) is 0 Å². The Bertz CT molecular complexity index is 3320. The van der Waals surface area contributed by atoms with Crippen LogP contribution in [0.3, 0.4) is 0 Å². The second-order valence-electron chi connectivity index (χ2n) is 18.9. The SMILES string of the molecule is CC1(C)c2ccccc2-c2c(N(c3ccccc3)c3ccc4cc5c(cc4c3)-c3cc4cc(N(c6ccccc6)c6cccc7c6-c6ccccc6C7(C)C)ccc4cc3-5)cccc21. The van der Waals surface area contributed by atoms with Gasteiger partial charge in [0.1, 0.15) is 0 Å². The second-order valence-corrected chi connectivity index (χ2v) is 18.9. The van der Waals surface area contributed by atoms with Crippen molar-refractivity contribution in [2.24, 2.45) is 0 Å². The van der Waals surface area contributed by atoms with E-state index >= 15 is 0 Å². The normalized spacial score (nSPS) is 14.2. The van der Waals surface area contributed by atoms with Crippen LogP contribution < -0.4 is 9.80 Å². The summed E-state index contributed by atoms with van der Waals surface area (Å²) in [6.45, 7) is 9.43. The summed E-state index contributed by atoms with van der Waals surface area (Å²) in [5, 5.41) is 4.97. The highest BCUT2D eigenvalue weighted by Crippen LogP contribution is 2.57. The molecular weight excluding hydrogens is 773 g/mol. The molecule has 0 heterocycles. The van der Waals surface area contributed by atoms with Gasteiger partial charge in [0.25, 0.3) is 0 Å². The van der Waals surface area contributed by atoms with Gasteiger partial charge >= 0.3 is 0 Å². The average molecular weight is 819 g/mol. The third-order valence-corrected chi connectivity index (χ3v) is 14.7. The zero-order chi connectivity index (χ0) is 42.9. The number of hydrogen-bond acceptors (Lipinski definition) is 2. The van der Waals surface area contributed by atoms with Crippen LogP contribution in [0.5, 0.6) is 0 Å². The minimum Gasteiger partial charge on any atom is -0.310 e. The van der Waals surface area contributed by atoms with E-state index in [1.165, 1.54) is 99.7 Å². The van der Waals surface area contributed by atoms with Crippen LogP contribution in [0.1, 0.15) is 49.9 Å². The predicted molar refractivity (Wildman–Crippen MR) is 270 cm³/mol. The molecule has 0 saturated heterocycles. The topological polar surface area (TPSA) is 6.48 Å². The van der Waals surface area contributed by atoms with Crippen molar-refractivity contribution in [1.29, 1.82) is 0 Å². The molecule has 0 unspecified atom stereocenters. The Morgan fingerprint density at radius 1 is 0.266 bits per heavy atom. The molecule has 0 bridgehead atoms. The van der Waals surface area contributed by atoms with Crippen LogP contribution in [0.4, 0.5) is 34.1 Å². The summed E-state index contributed by atoms with van der Waals surface area (Å²) in [5.74, 6) is 0. The van der Waals surface area contributed by atoms with Gasteiger partial charge in [0, 0.05) is 44.7 Å². The molecule has 0 radical (unpaired) electrons. The van der Waals surface area contributed by atoms with Crippen molar-refractivity contribution in [2.45, 2.75) is 38.5 Å². The Kier molecular flexibility index (Phi) is 7.74. The molecule has 13 rings (SSSR count). The molecule has 2 nitrogen and oxygen atoms in total. The van der Waals surface area contributed by atoms with Crippen LogP contribution >= 0.6 is 0 Å². The lowest BCUT2D eigenvalue weighted by Crippen LogP contribution is -2.16. The number of para-hydroxylation sites is 2. The molecule has 3 aliphatic rings. The molecule has 0 atom stereocenters. The minimum atomic E-state index is -0.0842. The molecule has 0 saturated carbocycles. The van der Waals surface area contributed by atoms with Crippen LogP contribution in [0, 0.1) is 0 Å². The fraction of sp³-hybridized carbons (Fsp3) is 0.0968. The average Bonchev–Trinajstić information content (AvgIpc) is 3.71. The third kappa shape index (κ3) is 5.20. The van der Waals surface area contributed by atoms with Gasteiger partial charge in [-0.05, 0) is 162 Å². The van der Waals surface area contributed by atoms with Crippen LogP contribution in [0.15, 0.2) is 206 Å². The Morgan fingerprint density at radius 3 is 1.05 bits per heavy atom. The molecule has 0 aliphatic heterocycles. The summed E-state index contributed by atoms with van der Waals surface area (Å²) in [4.78, 5) is 4.91. The first-order valence-electron chi connectivity index (χ1n) is 22.6. The van der Waals surface area contributed by atoms with Crippen molar-refractivity contribution in [3.63, 3.8) is 0 Å². The number of anilines is 6. The lowest BCUT2D eigenvalue weighted by molar-refractivity contribution is 0.660. The van der Waals surface area contributed by atoms with Gasteiger partial charge in [-0.3, -0.25) is 0 Å². The first-order chi connectivity index (χ1) is 31.3. The van der Waals surface area contributed by atoms with Gasteiger partial charge in [-0.15, -0.1) is 0 Å². The van der Waals surface area contributed by atoms with Crippen molar-refractivity contribution in [3.05, 3.63) is 229 Å². The highest BCUT2D eigenvalue weighted by Gasteiger charge is 2.39. The molecule has 0 aromatic heterocycles. The highest BCUT2D eigenvalue weighted by molar-refractivity contribution is 6.13. The van der Waals surface area contributed by atoms with Gasteiger partial charge in [-0.1, -0.05) is 149 Å². The summed E-state index contributed by atoms with van der Waals surface area (Å²) in [6.07, 6.45) is 0. The Hall–Kier alpha value is -7.68. The van der Waals surface area contributed by atoms with E-state index in [0.29, 0.717) is 0 Å². The van der Waals surface area contributed by atoms with Gasteiger partial charge in [0.2, 0.25) is 0 Å². The van der Waals surface area contributed by atoms with Crippen molar-refractivity contribution in [3.8, 4) is 44.5 Å². The van der Waals surface area contributed by atoms with Gasteiger partial charge in [0.15, 0.2) is 0 Å². The van der Waals surface area contributed by atoms with E-state index in [2.05, 4.69) is 244 Å². The molecule has 64 heavy (non-hydrogen) atoms. The van der Waals surface area contributed by atoms with Gasteiger partial charge in [-0.2, -0.15) is 0 Å². The standard InChI is InChI=1S/C62H46N2/c1-61(2)53-23-13-11-21-47(53)59-55(61)25-15-27-57(59)63(43-17-7-5-8-18-43)45-31-29-39-35-49-50-36-40-30-32-46(34-42(40)38-52(50)51(49)37-41(39)33-45)64(44-19-9-6-10-20-44)58-28-16-26-56-60(58)48-22-12-14-24-54(48)62(56,3)4/h5-38H,1-4H3. The van der Waals surface area contributed by atoms with E-state index in [1.54, 1.807) is 0 Å². The predicted octanol–water partition coefficient (Wildman–Crippen LogP) is 17.2. The third-order valence-electron chi connectivity index (χ3n) is 14.7. The van der Waals surface area contributed by atoms with E-state index in [1.807, 2.05) is 0 Å². The van der Waals surface area contributed by atoms with Crippen LogP contribution in [-0.4, -0.2) is 0 Å². The maximum Gasteiger partial charge on any atom is 0.0543 e. The second kappa shape index (κ2) is 13.4. The van der Waals surface area contributed by atoms with Crippen LogP contribution in [-0.2, 0) is 10.8 Å². The number of hydrogen-bond donors (Lipinski definition) is 0. The molecule has 0 amide bonds.